The van der Waals surface area contributed by atoms with Gasteiger partial charge in [-0.2, -0.15) is 0 Å². The minimum Gasteiger partial charge on any atom is -0.357 e. The normalized spacial score (nSPS) is 16.8. The molecule has 1 N–H and O–H groups in total. The quantitative estimate of drug-likeness (QED) is 0.330. The number of nitrogens with one attached hydrogen (secondary N) is 1. The van der Waals surface area contributed by atoms with Crippen molar-refractivity contribution in [2.45, 2.75) is 12.8 Å². The topological polar surface area (TPSA) is 66.5 Å². The Kier molecular flexibility index (Phi) is 2.79. The summed E-state index contributed by atoms with van der Waals surface area (Å²) in [5, 5.41) is 2.39. The number of carbonyl (C=O) groups excluding carboxylic acids is 3. The second kappa shape index (κ2) is 3.85. The molecule has 5 heteroatoms. The van der Waals surface area contributed by atoms with E-state index in [1.165, 1.54) is 4.90 Å². The maximum absolute atomic E-state index is 11.0. The van der Waals surface area contributed by atoms with Gasteiger partial charge in [-0.05, 0) is 0 Å². The number of rotatable bonds is 4. The van der Waals surface area contributed by atoms with Gasteiger partial charge in [-0.3, -0.25) is 19.3 Å². The summed E-state index contributed by atoms with van der Waals surface area (Å²) in [5.74, 6) is -0.291. The molecule has 1 saturated heterocycles. The van der Waals surface area contributed by atoms with Crippen LogP contribution in [0.5, 0.6) is 0 Å². The predicted molar refractivity (Wildman–Crippen MR) is 40.0 cm³/mol. The molecule has 0 atom stereocenters. The van der Waals surface area contributed by atoms with Crippen LogP contribution in [0.4, 0.5) is 0 Å². The zero-order chi connectivity index (χ0) is 8.97. The van der Waals surface area contributed by atoms with Crippen molar-refractivity contribution in [2.24, 2.45) is 0 Å². The highest BCUT2D eigenvalue weighted by molar-refractivity contribution is 6.01. The van der Waals surface area contributed by atoms with Crippen LogP contribution in [0.3, 0.4) is 0 Å². The second-order valence-electron chi connectivity index (χ2n) is 2.51. The van der Waals surface area contributed by atoms with Gasteiger partial charge in [0, 0.05) is 25.9 Å². The van der Waals surface area contributed by atoms with Gasteiger partial charge in [0.2, 0.25) is 18.2 Å². The van der Waals surface area contributed by atoms with E-state index in [9.17, 15) is 14.4 Å². The van der Waals surface area contributed by atoms with Crippen molar-refractivity contribution in [3.05, 3.63) is 0 Å². The third-order valence-electron chi connectivity index (χ3n) is 1.72. The molecule has 1 fully saturated rings. The van der Waals surface area contributed by atoms with E-state index in [0.29, 0.717) is 25.8 Å². The van der Waals surface area contributed by atoms with Crippen molar-refractivity contribution >= 4 is 18.2 Å². The molecule has 0 aromatic rings. The van der Waals surface area contributed by atoms with Crippen molar-refractivity contribution in [1.29, 1.82) is 0 Å². The molecule has 0 bridgehead atoms. The van der Waals surface area contributed by atoms with Gasteiger partial charge in [-0.25, -0.2) is 0 Å². The van der Waals surface area contributed by atoms with Crippen molar-refractivity contribution in [3.63, 3.8) is 0 Å². The fourth-order valence-corrected chi connectivity index (χ4v) is 1.11. The SMILES string of the molecule is O=CNCCN1C(=O)CCC1=O. The molecule has 3 amide bonds. The van der Waals surface area contributed by atoms with Gasteiger partial charge in [-0.15, -0.1) is 0 Å². The lowest BCUT2D eigenvalue weighted by Crippen LogP contribution is -2.35. The molecule has 0 aromatic heterocycles. The number of imide groups is 1. The lowest BCUT2D eigenvalue weighted by molar-refractivity contribution is -0.138. The Morgan fingerprint density at radius 3 is 2.42 bits per heavy atom. The Bertz CT molecular complexity index is 199. The molecule has 0 aliphatic carbocycles. The van der Waals surface area contributed by atoms with Gasteiger partial charge in [-0.1, -0.05) is 0 Å². The zero-order valence-corrected chi connectivity index (χ0v) is 6.58. The molecule has 0 unspecified atom stereocenters. The Balaban J connectivity index is 2.34. The van der Waals surface area contributed by atoms with Crippen LogP contribution in [-0.4, -0.2) is 36.2 Å². The highest BCUT2D eigenvalue weighted by atomic mass is 16.2. The van der Waals surface area contributed by atoms with Crippen molar-refractivity contribution in [2.75, 3.05) is 13.1 Å². The maximum Gasteiger partial charge on any atom is 0.229 e. The summed E-state index contributed by atoms with van der Waals surface area (Å²) in [4.78, 5) is 33.0. The summed E-state index contributed by atoms with van der Waals surface area (Å²) in [6.07, 6.45) is 1.16. The average molecular weight is 170 g/mol. The first-order valence-electron chi connectivity index (χ1n) is 3.76. The summed E-state index contributed by atoms with van der Waals surface area (Å²) >= 11 is 0. The number of likely N-dealkylation sites (tertiary alicyclic amines) is 1. The van der Waals surface area contributed by atoms with Gasteiger partial charge >= 0.3 is 0 Å². The van der Waals surface area contributed by atoms with Gasteiger partial charge < -0.3 is 5.32 Å². The van der Waals surface area contributed by atoms with E-state index in [4.69, 9.17) is 0 Å². The number of hydrogen-bond donors (Lipinski definition) is 1. The molecule has 1 rings (SSSR count). The average Bonchev–Trinajstić information content (AvgIpc) is 2.35. The largest absolute Gasteiger partial charge is 0.357 e. The standard InChI is InChI=1S/C7H10N2O3/c10-5-8-3-4-9-6(11)1-2-7(9)12/h5H,1-4H2,(H,8,10). The Morgan fingerprint density at radius 1 is 1.33 bits per heavy atom. The third kappa shape index (κ3) is 1.81. The summed E-state index contributed by atoms with van der Waals surface area (Å²) in [6.45, 7) is 0.622. The van der Waals surface area contributed by atoms with Crippen LogP contribution in [0.25, 0.3) is 0 Å². The fourth-order valence-electron chi connectivity index (χ4n) is 1.11. The predicted octanol–water partition coefficient (Wildman–Crippen LogP) is -1.12. The fraction of sp³-hybridized carbons (Fsp3) is 0.571. The summed E-state index contributed by atoms with van der Waals surface area (Å²) in [7, 11) is 0. The molecule has 0 radical (unpaired) electrons. The highest BCUT2D eigenvalue weighted by Gasteiger charge is 2.27. The van der Waals surface area contributed by atoms with Gasteiger partial charge in [0.25, 0.3) is 0 Å². The van der Waals surface area contributed by atoms with Crippen molar-refractivity contribution in [1.82, 2.24) is 10.2 Å². The first-order valence-corrected chi connectivity index (χ1v) is 3.76. The van der Waals surface area contributed by atoms with Gasteiger partial charge in [0.05, 0.1) is 0 Å². The minimum absolute atomic E-state index is 0.146. The van der Waals surface area contributed by atoms with E-state index in [1.807, 2.05) is 0 Å². The molecule has 5 nitrogen and oxygen atoms in total. The van der Waals surface area contributed by atoms with Crippen LogP contribution in [-0.2, 0) is 14.4 Å². The number of hydrogen-bond acceptors (Lipinski definition) is 3. The molecule has 12 heavy (non-hydrogen) atoms. The summed E-state index contributed by atoms with van der Waals surface area (Å²) in [5.41, 5.74) is 0. The van der Waals surface area contributed by atoms with Gasteiger partial charge in [0.1, 0.15) is 0 Å². The Hall–Kier alpha value is -1.39. The lowest BCUT2D eigenvalue weighted by Gasteiger charge is -2.12. The van der Waals surface area contributed by atoms with Crippen LogP contribution in [0, 0.1) is 0 Å². The van der Waals surface area contributed by atoms with Crippen LogP contribution in [0.15, 0.2) is 0 Å². The minimum atomic E-state index is -0.146. The molecule has 0 saturated carbocycles. The van der Waals surface area contributed by atoms with E-state index in [-0.39, 0.29) is 18.4 Å². The smallest absolute Gasteiger partial charge is 0.229 e. The highest BCUT2D eigenvalue weighted by Crippen LogP contribution is 2.09. The second-order valence-corrected chi connectivity index (χ2v) is 2.51. The van der Waals surface area contributed by atoms with Crippen molar-refractivity contribution in [3.8, 4) is 0 Å². The lowest BCUT2D eigenvalue weighted by atomic mass is 10.4. The van der Waals surface area contributed by atoms with Crippen LogP contribution in [0.2, 0.25) is 0 Å². The van der Waals surface area contributed by atoms with E-state index >= 15 is 0 Å². The van der Waals surface area contributed by atoms with Gasteiger partial charge in [0.15, 0.2) is 0 Å². The number of nitrogens with zero attached hydrogens (tertiary/aromatic N) is 1. The van der Waals surface area contributed by atoms with Crippen LogP contribution < -0.4 is 5.32 Å². The molecular formula is C7H10N2O3. The van der Waals surface area contributed by atoms with Crippen molar-refractivity contribution < 1.29 is 14.4 Å². The molecule has 0 aromatic carbocycles. The molecule has 1 aliphatic rings. The van der Waals surface area contributed by atoms with E-state index < -0.39 is 0 Å². The number of carbonyl (C=O) groups is 3. The third-order valence-corrected chi connectivity index (χ3v) is 1.72. The van der Waals surface area contributed by atoms with E-state index in [1.54, 1.807) is 0 Å². The number of amides is 3. The summed E-state index contributed by atoms with van der Waals surface area (Å²) < 4.78 is 0. The molecule has 66 valence electrons. The first kappa shape index (κ1) is 8.70. The maximum atomic E-state index is 11.0. The van der Waals surface area contributed by atoms with E-state index in [0.717, 1.165) is 0 Å². The monoisotopic (exact) mass is 170 g/mol. The first-order chi connectivity index (χ1) is 5.75. The Labute approximate surface area is 69.7 Å². The molecule has 0 spiro atoms. The molecule has 1 aliphatic heterocycles. The molecular weight excluding hydrogens is 160 g/mol. The summed E-state index contributed by atoms with van der Waals surface area (Å²) in [6, 6.07) is 0. The zero-order valence-electron chi connectivity index (χ0n) is 6.58. The van der Waals surface area contributed by atoms with Crippen LogP contribution in [0.1, 0.15) is 12.8 Å². The Morgan fingerprint density at radius 2 is 1.92 bits per heavy atom. The van der Waals surface area contributed by atoms with E-state index in [2.05, 4.69) is 5.32 Å². The van der Waals surface area contributed by atoms with Crippen LogP contribution >= 0.6 is 0 Å². The molecule has 1 heterocycles.